The predicted molar refractivity (Wildman–Crippen MR) is 71.1 cm³/mol. The Morgan fingerprint density at radius 1 is 1.37 bits per heavy atom. The molecule has 104 valence electrons. The van der Waals surface area contributed by atoms with Gasteiger partial charge in [0.05, 0.1) is 4.92 Å². The van der Waals surface area contributed by atoms with Crippen LogP contribution in [0.5, 0.6) is 5.75 Å². The number of carbonyl (C=O) groups is 1. The molecule has 0 aromatic heterocycles. The van der Waals surface area contributed by atoms with Crippen molar-refractivity contribution in [3.05, 3.63) is 34.4 Å². The number of nitro groups is 1. The van der Waals surface area contributed by atoms with Gasteiger partial charge in [-0.05, 0) is 18.9 Å². The topological polar surface area (TPSA) is 81.5 Å². The van der Waals surface area contributed by atoms with Crippen LogP contribution in [0.25, 0.3) is 0 Å². The van der Waals surface area contributed by atoms with Crippen molar-refractivity contribution in [3.63, 3.8) is 0 Å². The number of nitrogens with zero attached hydrogens (tertiary/aromatic N) is 1. The van der Waals surface area contributed by atoms with Crippen LogP contribution in [0.4, 0.5) is 5.69 Å². The molecule has 6 nitrogen and oxygen atoms in total. The van der Waals surface area contributed by atoms with E-state index < -0.39 is 4.92 Å². The first-order valence-corrected chi connectivity index (χ1v) is 6.24. The lowest BCUT2D eigenvalue weighted by Crippen LogP contribution is -2.37. The van der Waals surface area contributed by atoms with E-state index in [0.717, 1.165) is 12.8 Å². The Balaban J connectivity index is 2.57. The highest BCUT2D eigenvalue weighted by Crippen LogP contribution is 2.25. The SMILES string of the molecule is CCC(CC)NC(=O)COc1ccccc1[N+](=O)[O-]. The molecule has 0 radical (unpaired) electrons. The summed E-state index contributed by atoms with van der Waals surface area (Å²) in [5, 5.41) is 13.6. The minimum Gasteiger partial charge on any atom is -0.477 e. The number of hydrogen-bond acceptors (Lipinski definition) is 4. The molecule has 1 amide bonds. The molecule has 1 aromatic rings. The molecule has 1 N–H and O–H groups in total. The molecule has 1 aromatic carbocycles. The summed E-state index contributed by atoms with van der Waals surface area (Å²) in [4.78, 5) is 21.8. The number of rotatable bonds is 7. The smallest absolute Gasteiger partial charge is 0.310 e. The van der Waals surface area contributed by atoms with Crippen LogP contribution < -0.4 is 10.1 Å². The number of hydrogen-bond donors (Lipinski definition) is 1. The monoisotopic (exact) mass is 266 g/mol. The van der Waals surface area contributed by atoms with E-state index in [1.807, 2.05) is 13.8 Å². The van der Waals surface area contributed by atoms with Gasteiger partial charge in [-0.2, -0.15) is 0 Å². The van der Waals surface area contributed by atoms with Crippen LogP contribution in [0.15, 0.2) is 24.3 Å². The van der Waals surface area contributed by atoms with Crippen molar-refractivity contribution >= 4 is 11.6 Å². The summed E-state index contributed by atoms with van der Waals surface area (Å²) in [5.74, 6) is -0.168. The number of carbonyl (C=O) groups excluding carboxylic acids is 1. The molecule has 6 heteroatoms. The van der Waals surface area contributed by atoms with Gasteiger partial charge in [0.15, 0.2) is 12.4 Å². The van der Waals surface area contributed by atoms with Gasteiger partial charge in [-0.1, -0.05) is 26.0 Å². The lowest BCUT2D eigenvalue weighted by Gasteiger charge is -2.14. The first-order chi connectivity index (χ1) is 9.08. The number of nitrogens with one attached hydrogen (secondary N) is 1. The summed E-state index contributed by atoms with van der Waals surface area (Å²) in [5.41, 5.74) is -0.141. The minimum atomic E-state index is -0.534. The largest absolute Gasteiger partial charge is 0.477 e. The van der Waals surface area contributed by atoms with Gasteiger partial charge >= 0.3 is 5.69 Å². The van der Waals surface area contributed by atoms with E-state index in [-0.39, 0.29) is 30.0 Å². The summed E-state index contributed by atoms with van der Waals surface area (Å²) in [7, 11) is 0. The fourth-order valence-corrected chi connectivity index (χ4v) is 1.64. The second-order valence-corrected chi connectivity index (χ2v) is 4.09. The summed E-state index contributed by atoms with van der Waals surface area (Å²) >= 11 is 0. The van der Waals surface area contributed by atoms with Gasteiger partial charge in [-0.25, -0.2) is 0 Å². The van der Waals surface area contributed by atoms with Gasteiger partial charge in [0.2, 0.25) is 0 Å². The Morgan fingerprint density at radius 3 is 2.58 bits per heavy atom. The zero-order valence-electron chi connectivity index (χ0n) is 11.1. The van der Waals surface area contributed by atoms with Gasteiger partial charge in [-0.15, -0.1) is 0 Å². The Labute approximate surface area is 111 Å². The average molecular weight is 266 g/mol. The second kappa shape index (κ2) is 7.35. The van der Waals surface area contributed by atoms with Gasteiger partial charge in [0.1, 0.15) is 0 Å². The maximum atomic E-state index is 11.6. The van der Waals surface area contributed by atoms with E-state index in [1.165, 1.54) is 12.1 Å². The molecule has 0 aliphatic heterocycles. The van der Waals surface area contributed by atoms with Gasteiger partial charge < -0.3 is 10.1 Å². The first kappa shape index (κ1) is 14.9. The number of amides is 1. The summed E-state index contributed by atoms with van der Waals surface area (Å²) in [6.45, 7) is 3.75. The molecular weight excluding hydrogens is 248 g/mol. The third-order valence-electron chi connectivity index (χ3n) is 2.77. The molecule has 0 saturated heterocycles. The highest BCUT2D eigenvalue weighted by atomic mass is 16.6. The molecule has 0 spiro atoms. The second-order valence-electron chi connectivity index (χ2n) is 4.09. The van der Waals surface area contributed by atoms with Crippen LogP contribution >= 0.6 is 0 Å². The highest BCUT2D eigenvalue weighted by Gasteiger charge is 2.15. The normalized spacial score (nSPS) is 10.3. The van der Waals surface area contributed by atoms with E-state index in [1.54, 1.807) is 12.1 Å². The van der Waals surface area contributed by atoms with E-state index in [2.05, 4.69) is 5.32 Å². The van der Waals surface area contributed by atoms with Crippen molar-refractivity contribution in [3.8, 4) is 5.75 Å². The summed E-state index contributed by atoms with van der Waals surface area (Å²) in [6.07, 6.45) is 1.68. The molecule has 0 saturated carbocycles. The van der Waals surface area contributed by atoms with Crippen LogP contribution in [0.2, 0.25) is 0 Å². The van der Waals surface area contributed by atoms with E-state index >= 15 is 0 Å². The Hall–Kier alpha value is -2.11. The van der Waals surface area contributed by atoms with Gasteiger partial charge in [0.25, 0.3) is 5.91 Å². The molecule has 0 atom stereocenters. The first-order valence-electron chi connectivity index (χ1n) is 6.24. The Bertz CT molecular complexity index is 444. The van der Waals surface area contributed by atoms with Crippen LogP contribution in [-0.4, -0.2) is 23.5 Å². The molecule has 0 bridgehead atoms. The molecule has 1 rings (SSSR count). The summed E-state index contributed by atoms with van der Waals surface area (Å²) < 4.78 is 5.20. The maximum absolute atomic E-state index is 11.6. The third-order valence-corrected chi connectivity index (χ3v) is 2.77. The minimum absolute atomic E-state index is 0.104. The molecular formula is C13H18N2O4. The standard InChI is InChI=1S/C13H18N2O4/c1-3-10(4-2)14-13(16)9-19-12-8-6-5-7-11(12)15(17)18/h5-8,10H,3-4,9H2,1-2H3,(H,14,16). The number of para-hydroxylation sites is 2. The number of ether oxygens (including phenoxy) is 1. The van der Waals surface area contributed by atoms with Crippen molar-refractivity contribution < 1.29 is 14.5 Å². The zero-order chi connectivity index (χ0) is 14.3. The van der Waals surface area contributed by atoms with Crippen molar-refractivity contribution in [1.82, 2.24) is 5.32 Å². The van der Waals surface area contributed by atoms with Crippen molar-refractivity contribution in [1.29, 1.82) is 0 Å². The van der Waals surface area contributed by atoms with Gasteiger partial charge in [0, 0.05) is 12.1 Å². The Kier molecular flexibility index (Phi) is 5.78. The van der Waals surface area contributed by atoms with Crippen LogP contribution in [0, 0.1) is 10.1 Å². The molecule has 0 aliphatic rings. The molecule has 0 aliphatic carbocycles. The van der Waals surface area contributed by atoms with Gasteiger partial charge in [-0.3, -0.25) is 14.9 Å². The molecule has 0 fully saturated rings. The van der Waals surface area contributed by atoms with Crippen LogP contribution in [-0.2, 0) is 4.79 Å². The lowest BCUT2D eigenvalue weighted by atomic mass is 10.2. The van der Waals surface area contributed by atoms with E-state index in [4.69, 9.17) is 4.74 Å². The van der Waals surface area contributed by atoms with Crippen molar-refractivity contribution in [2.75, 3.05) is 6.61 Å². The Morgan fingerprint density at radius 2 is 2.00 bits per heavy atom. The third kappa shape index (κ3) is 4.57. The predicted octanol–water partition coefficient (Wildman–Crippen LogP) is 2.28. The maximum Gasteiger partial charge on any atom is 0.310 e. The van der Waals surface area contributed by atoms with E-state index in [0.29, 0.717) is 0 Å². The van der Waals surface area contributed by atoms with Crippen molar-refractivity contribution in [2.24, 2.45) is 0 Å². The lowest BCUT2D eigenvalue weighted by molar-refractivity contribution is -0.385. The highest BCUT2D eigenvalue weighted by molar-refractivity contribution is 5.78. The molecule has 19 heavy (non-hydrogen) atoms. The van der Waals surface area contributed by atoms with Crippen molar-refractivity contribution in [2.45, 2.75) is 32.7 Å². The van der Waals surface area contributed by atoms with Crippen LogP contribution in [0.3, 0.4) is 0 Å². The summed E-state index contributed by atoms with van der Waals surface area (Å²) in [6, 6.07) is 6.11. The fraction of sp³-hybridized carbons (Fsp3) is 0.462. The quantitative estimate of drug-likeness (QED) is 0.606. The van der Waals surface area contributed by atoms with Crippen LogP contribution in [0.1, 0.15) is 26.7 Å². The molecule has 0 heterocycles. The number of nitro benzene ring substituents is 1. The van der Waals surface area contributed by atoms with E-state index in [9.17, 15) is 14.9 Å². The fourth-order valence-electron chi connectivity index (χ4n) is 1.64. The zero-order valence-corrected chi connectivity index (χ0v) is 11.1. The molecule has 0 unspecified atom stereocenters. The number of benzene rings is 1. The average Bonchev–Trinajstić information content (AvgIpc) is 2.42.